The van der Waals surface area contributed by atoms with Crippen LogP contribution in [0.3, 0.4) is 0 Å². The molecule has 0 aliphatic heterocycles. The number of hydrogen-bond donors (Lipinski definition) is 3. The zero-order valence-corrected chi connectivity index (χ0v) is 21.8. The lowest BCUT2D eigenvalue weighted by atomic mass is 10.0. The van der Waals surface area contributed by atoms with E-state index in [1.807, 2.05) is 92.7 Å². The third-order valence-electron chi connectivity index (χ3n) is 6.18. The lowest BCUT2D eigenvalue weighted by Gasteiger charge is -2.11. The van der Waals surface area contributed by atoms with Crippen molar-refractivity contribution in [3.05, 3.63) is 102 Å². The van der Waals surface area contributed by atoms with Gasteiger partial charge in [-0.2, -0.15) is 5.11 Å². The third kappa shape index (κ3) is 5.70. The van der Waals surface area contributed by atoms with Crippen LogP contribution in [0.25, 0.3) is 10.8 Å². The van der Waals surface area contributed by atoms with Gasteiger partial charge in [-0.25, -0.2) is 0 Å². The molecule has 0 amide bonds. The average Bonchev–Trinajstić information content (AvgIpc) is 2.94. The number of para-hydroxylation sites is 1. The number of methoxy groups -OCH3 is 1. The highest BCUT2D eigenvalue weighted by Gasteiger charge is 2.13. The van der Waals surface area contributed by atoms with E-state index in [-0.39, 0.29) is 17.2 Å². The van der Waals surface area contributed by atoms with Gasteiger partial charge in [0.15, 0.2) is 5.75 Å². The summed E-state index contributed by atoms with van der Waals surface area (Å²) in [5.74, 6) is 0.234. The molecule has 0 heterocycles. The van der Waals surface area contributed by atoms with Crippen LogP contribution in [0.4, 0.5) is 34.1 Å². The molecule has 39 heavy (non-hydrogen) atoms. The van der Waals surface area contributed by atoms with E-state index < -0.39 is 0 Å². The fourth-order valence-electron chi connectivity index (χ4n) is 4.10. The molecule has 0 unspecified atom stereocenters. The Bertz CT molecular complexity index is 1700. The summed E-state index contributed by atoms with van der Waals surface area (Å²) in [5, 5.41) is 43.4. The molecule has 5 aromatic rings. The summed E-state index contributed by atoms with van der Waals surface area (Å²) in [6.45, 7) is 3.84. The van der Waals surface area contributed by atoms with Crippen LogP contribution in [0.1, 0.15) is 11.1 Å². The van der Waals surface area contributed by atoms with E-state index in [4.69, 9.17) is 4.74 Å². The molecular formula is C31H27N5O3. The molecule has 8 nitrogen and oxygen atoms in total. The SMILES string of the molecule is COc1cc(N=Nc2c(C)cc3cc(Nc4ccccc4)ccc3c2O)c(O)cc1N=Nc1ccc(C)cc1. The van der Waals surface area contributed by atoms with Gasteiger partial charge in [-0.05, 0) is 73.3 Å². The molecule has 0 bridgehead atoms. The molecule has 0 aliphatic rings. The smallest absolute Gasteiger partial charge is 0.151 e. The molecule has 5 rings (SSSR count). The number of ether oxygens (including phenoxy) is 1. The van der Waals surface area contributed by atoms with Gasteiger partial charge in [0, 0.05) is 28.9 Å². The number of aromatic hydroxyl groups is 2. The minimum absolute atomic E-state index is 0.00924. The largest absolute Gasteiger partial charge is 0.506 e. The molecule has 0 atom stereocenters. The van der Waals surface area contributed by atoms with Gasteiger partial charge in [-0.3, -0.25) is 0 Å². The Morgan fingerprint density at radius 2 is 1.44 bits per heavy atom. The first-order chi connectivity index (χ1) is 18.9. The van der Waals surface area contributed by atoms with E-state index >= 15 is 0 Å². The first kappa shape index (κ1) is 25.4. The Morgan fingerprint density at radius 1 is 0.692 bits per heavy atom. The summed E-state index contributed by atoms with van der Waals surface area (Å²) < 4.78 is 5.44. The highest BCUT2D eigenvalue weighted by atomic mass is 16.5. The quantitative estimate of drug-likeness (QED) is 0.187. The standard InChI is InChI=1S/C31H27N5O3/c1-19-9-11-23(12-10-19)33-35-27-17-28(37)26(18-29(27)39-3)34-36-30-20(2)15-21-16-24(13-14-25(21)31(30)38)32-22-7-5-4-6-8-22/h4-18,32,37-38H,1-3H3. The molecule has 0 saturated carbocycles. The van der Waals surface area contributed by atoms with Gasteiger partial charge in [-0.15, -0.1) is 15.3 Å². The van der Waals surface area contributed by atoms with Crippen molar-refractivity contribution < 1.29 is 14.9 Å². The number of azo groups is 2. The number of nitrogens with zero attached hydrogens (tertiary/aromatic N) is 4. The normalized spacial score (nSPS) is 11.5. The Morgan fingerprint density at radius 3 is 2.18 bits per heavy atom. The maximum atomic E-state index is 11.0. The van der Waals surface area contributed by atoms with Gasteiger partial charge in [-0.1, -0.05) is 35.9 Å². The molecule has 8 heteroatoms. The summed E-state index contributed by atoms with van der Waals surface area (Å²) in [6.07, 6.45) is 0. The second kappa shape index (κ2) is 11.0. The van der Waals surface area contributed by atoms with Crippen molar-refractivity contribution in [1.29, 1.82) is 0 Å². The van der Waals surface area contributed by atoms with Crippen LogP contribution < -0.4 is 10.1 Å². The zero-order valence-electron chi connectivity index (χ0n) is 21.8. The molecule has 0 saturated heterocycles. The van der Waals surface area contributed by atoms with Crippen LogP contribution >= 0.6 is 0 Å². The minimum atomic E-state index is -0.146. The number of phenols is 2. The van der Waals surface area contributed by atoms with Gasteiger partial charge in [0.2, 0.25) is 0 Å². The monoisotopic (exact) mass is 517 g/mol. The summed E-state index contributed by atoms with van der Waals surface area (Å²) >= 11 is 0. The van der Waals surface area contributed by atoms with Gasteiger partial charge < -0.3 is 20.3 Å². The maximum absolute atomic E-state index is 11.0. The lowest BCUT2D eigenvalue weighted by Crippen LogP contribution is -1.90. The molecule has 5 aromatic carbocycles. The van der Waals surface area contributed by atoms with Crippen molar-refractivity contribution >= 4 is 44.9 Å². The first-order valence-corrected chi connectivity index (χ1v) is 12.3. The number of nitrogens with one attached hydrogen (secondary N) is 1. The van der Waals surface area contributed by atoms with Crippen molar-refractivity contribution in [3.8, 4) is 17.2 Å². The molecule has 194 valence electrons. The molecular weight excluding hydrogens is 490 g/mol. The average molecular weight is 518 g/mol. The number of hydrogen-bond acceptors (Lipinski definition) is 8. The van der Waals surface area contributed by atoms with Crippen molar-refractivity contribution in [2.45, 2.75) is 13.8 Å². The number of fused-ring (bicyclic) bond motifs is 1. The summed E-state index contributed by atoms with van der Waals surface area (Å²) in [6, 6.07) is 28.0. The number of anilines is 2. The van der Waals surface area contributed by atoms with E-state index in [0.29, 0.717) is 28.2 Å². The van der Waals surface area contributed by atoms with Gasteiger partial charge in [0.05, 0.1) is 12.8 Å². The molecule has 0 radical (unpaired) electrons. The van der Waals surface area contributed by atoms with E-state index in [1.165, 1.54) is 19.2 Å². The second-order valence-corrected chi connectivity index (χ2v) is 9.07. The zero-order chi connectivity index (χ0) is 27.4. The third-order valence-corrected chi connectivity index (χ3v) is 6.18. The molecule has 0 aliphatic carbocycles. The lowest BCUT2D eigenvalue weighted by molar-refractivity contribution is 0.413. The summed E-state index contributed by atoms with van der Waals surface area (Å²) in [5.41, 5.74) is 5.23. The highest BCUT2D eigenvalue weighted by Crippen LogP contribution is 2.43. The fourth-order valence-corrected chi connectivity index (χ4v) is 4.10. The number of rotatable bonds is 7. The second-order valence-electron chi connectivity index (χ2n) is 9.07. The minimum Gasteiger partial charge on any atom is -0.506 e. The van der Waals surface area contributed by atoms with Crippen LogP contribution in [0, 0.1) is 13.8 Å². The van der Waals surface area contributed by atoms with E-state index in [0.717, 1.165) is 27.9 Å². The molecule has 0 fully saturated rings. The topological polar surface area (TPSA) is 111 Å². The number of benzene rings is 5. The number of phenolic OH excluding ortho intramolecular Hbond substituents is 2. The van der Waals surface area contributed by atoms with Crippen LogP contribution in [0.5, 0.6) is 17.2 Å². The first-order valence-electron chi connectivity index (χ1n) is 12.3. The van der Waals surface area contributed by atoms with Gasteiger partial charge in [0.25, 0.3) is 0 Å². The van der Waals surface area contributed by atoms with Crippen molar-refractivity contribution in [2.24, 2.45) is 20.5 Å². The van der Waals surface area contributed by atoms with Gasteiger partial charge >= 0.3 is 0 Å². The molecule has 3 N–H and O–H groups in total. The summed E-state index contributed by atoms with van der Waals surface area (Å²) in [4.78, 5) is 0. The summed E-state index contributed by atoms with van der Waals surface area (Å²) in [7, 11) is 1.50. The predicted octanol–water partition coefficient (Wildman–Crippen LogP) is 9.45. The van der Waals surface area contributed by atoms with Crippen LogP contribution in [0.15, 0.2) is 111 Å². The van der Waals surface area contributed by atoms with Crippen molar-refractivity contribution in [3.63, 3.8) is 0 Å². The maximum Gasteiger partial charge on any atom is 0.151 e. The predicted molar refractivity (Wildman–Crippen MR) is 154 cm³/mol. The Labute approximate surface area is 226 Å². The van der Waals surface area contributed by atoms with Crippen molar-refractivity contribution in [2.75, 3.05) is 12.4 Å². The Hall–Kier alpha value is -5.24. The molecule has 0 aromatic heterocycles. The van der Waals surface area contributed by atoms with E-state index in [1.54, 1.807) is 0 Å². The van der Waals surface area contributed by atoms with Crippen LogP contribution in [-0.2, 0) is 0 Å². The number of aryl methyl sites for hydroxylation is 2. The fraction of sp³-hybridized carbons (Fsp3) is 0.0968. The Balaban J connectivity index is 1.42. The Kier molecular flexibility index (Phi) is 7.18. The van der Waals surface area contributed by atoms with Crippen LogP contribution in [0.2, 0.25) is 0 Å². The highest BCUT2D eigenvalue weighted by molar-refractivity contribution is 5.96. The van der Waals surface area contributed by atoms with Crippen LogP contribution in [-0.4, -0.2) is 17.3 Å². The van der Waals surface area contributed by atoms with E-state index in [2.05, 4.69) is 25.8 Å². The van der Waals surface area contributed by atoms with Crippen molar-refractivity contribution in [1.82, 2.24) is 0 Å². The van der Waals surface area contributed by atoms with Gasteiger partial charge in [0.1, 0.15) is 28.6 Å². The van der Waals surface area contributed by atoms with E-state index in [9.17, 15) is 10.2 Å². The molecule has 0 spiro atoms.